The molecule has 26 heteroatoms. The quantitative estimate of drug-likeness (QED) is 0.0816. The third-order valence-corrected chi connectivity index (χ3v) is 9.51. The fourth-order valence-corrected chi connectivity index (χ4v) is 6.27. The number of carboxylic acids is 1. The van der Waals surface area contributed by atoms with Crippen LogP contribution in [-0.2, 0) is 12.4 Å². The van der Waals surface area contributed by atoms with Gasteiger partial charge in [-0.15, -0.1) is 0 Å². The molecule has 2 aromatic carbocycles. The number of alkyl halides is 6. The van der Waals surface area contributed by atoms with Crippen molar-refractivity contribution in [3.63, 3.8) is 0 Å². The first-order chi connectivity index (χ1) is 30.9. The van der Waals surface area contributed by atoms with Crippen molar-refractivity contribution in [1.29, 1.82) is 0 Å². The summed E-state index contributed by atoms with van der Waals surface area (Å²) >= 11 is 0. The molecule has 10 rings (SSSR count). The van der Waals surface area contributed by atoms with E-state index in [4.69, 9.17) is 19.9 Å². The first-order valence-electron chi connectivity index (χ1n) is 18.9. The normalized spacial score (nSPS) is 12.6. The number of nitrogens with one attached hydrogen (secondary N) is 5. The minimum absolute atomic E-state index is 0. The monoisotopic (exact) mass is 924 g/mol. The average Bonchev–Trinajstić information content (AvgIpc) is 4.12. The molecule has 66 heavy (non-hydrogen) atoms. The van der Waals surface area contributed by atoms with Gasteiger partial charge in [0.25, 0.3) is 5.91 Å². The Kier molecular flexibility index (Phi) is 13.1. The minimum Gasteiger partial charge on any atom is -1.00 e. The Bertz CT molecular complexity index is 3340. The molecule has 0 bridgehead atoms. The van der Waals surface area contributed by atoms with Crippen molar-refractivity contribution in [3.05, 3.63) is 120 Å². The third kappa shape index (κ3) is 9.92. The van der Waals surface area contributed by atoms with E-state index >= 15 is 0 Å². The van der Waals surface area contributed by atoms with Crippen LogP contribution in [0.1, 0.15) is 71.0 Å². The van der Waals surface area contributed by atoms with E-state index in [9.17, 15) is 35.9 Å². The van der Waals surface area contributed by atoms with Crippen molar-refractivity contribution in [2.45, 2.75) is 38.3 Å². The average molecular weight is 925 g/mol. The smallest absolute Gasteiger partial charge is 1.00 e. The molecule has 0 aliphatic rings. The van der Waals surface area contributed by atoms with Gasteiger partial charge >= 0.3 is 47.9 Å². The Morgan fingerprint density at radius 3 is 1.64 bits per heavy atom. The molecule has 0 saturated heterocycles. The second-order valence-corrected chi connectivity index (χ2v) is 14.1. The molecule has 10 aromatic rings. The first-order valence-corrected chi connectivity index (χ1v) is 18.9. The molecule has 19 nitrogen and oxygen atoms in total. The standard InChI is InChI=1S/C20H14F3N7O2.C13H11F3N4O.C7H5N3O2.Na.H/c1-9(27-19(31)16-11-4-5-24-17(11)26-8-25-16)15-7-14(30-32-15)18-28-12-3-2-10(20(21,22)23)6-13(12)29-18;1-6(17)11-5-10(20-21-11)12-18-8-3-2-7(13(14,15)16)4-9(8)19-12;11-7(12)5-4-1-2-8-6(4)10-3-9-5;;/h2-9H,1H3,(H,27,31)(H,28,29)(H,24,25,26);2-6H,17H2,1H3,(H,18,19);1-3H,(H,11,12)(H,8,9,10);;/q;;;+1;-1/t9-;6-;;;/m11.../s1. The number of amides is 1. The van der Waals surface area contributed by atoms with Gasteiger partial charge in [0.2, 0.25) is 0 Å². The molecule has 0 aliphatic heterocycles. The zero-order valence-electron chi connectivity index (χ0n) is 35.2. The number of rotatable bonds is 7. The number of hydrogen-bond donors (Lipinski definition) is 7. The molecule has 2 atom stereocenters. The molecule has 334 valence electrons. The Morgan fingerprint density at radius 2 is 1.17 bits per heavy atom. The SMILES string of the molecule is C[C@@H](N)c1cc(-c2nc3ccc(C(F)(F)F)cc3[nH]2)no1.C[C@@H](NC(=O)c1ncnc2[nH]ccc12)c1cc(-c2nc3ccc(C(F)(F)F)cc3[nH]2)no1.O=C(O)c1ncnc2[nH]ccc12.[H-].[Na+]. The van der Waals surface area contributed by atoms with E-state index in [1.165, 1.54) is 24.8 Å². The fourth-order valence-electron chi connectivity index (χ4n) is 6.27. The van der Waals surface area contributed by atoms with Crippen molar-refractivity contribution in [1.82, 2.24) is 65.5 Å². The van der Waals surface area contributed by atoms with E-state index < -0.39 is 41.4 Å². The van der Waals surface area contributed by atoms with Crippen LogP contribution in [-0.4, -0.2) is 77.1 Å². The fraction of sp³-hybridized carbons (Fsp3) is 0.150. The molecule has 8 aromatic heterocycles. The van der Waals surface area contributed by atoms with Crippen molar-refractivity contribution >= 4 is 56.0 Å². The van der Waals surface area contributed by atoms with Crippen molar-refractivity contribution in [2.75, 3.05) is 0 Å². The van der Waals surface area contributed by atoms with Crippen LogP contribution in [0.25, 0.3) is 67.2 Å². The molecule has 8 heterocycles. The molecule has 0 saturated carbocycles. The first kappa shape index (κ1) is 46.5. The third-order valence-electron chi connectivity index (χ3n) is 9.51. The summed E-state index contributed by atoms with van der Waals surface area (Å²) in [5.74, 6) is -0.0730. The molecule has 0 fully saturated rings. The zero-order chi connectivity index (χ0) is 46.2. The van der Waals surface area contributed by atoms with Gasteiger partial charge in [0.05, 0.1) is 56.0 Å². The molecule has 8 N–H and O–H groups in total. The van der Waals surface area contributed by atoms with Crippen LogP contribution in [0.15, 0.2) is 94.8 Å². The number of carbonyl (C=O) groups excluding carboxylic acids is 1. The Balaban J connectivity index is 0.000000182. The summed E-state index contributed by atoms with van der Waals surface area (Å²) in [4.78, 5) is 58.6. The number of H-pyrrole nitrogens is 4. The second-order valence-electron chi connectivity index (χ2n) is 14.1. The van der Waals surface area contributed by atoms with E-state index in [2.05, 4.69) is 65.5 Å². The van der Waals surface area contributed by atoms with Crippen LogP contribution in [0.4, 0.5) is 26.3 Å². The van der Waals surface area contributed by atoms with E-state index in [1.807, 2.05) is 0 Å². The van der Waals surface area contributed by atoms with Gasteiger partial charge in [-0.3, -0.25) is 4.79 Å². The number of hydrogen-bond acceptors (Lipinski definition) is 13. The predicted molar refractivity (Wildman–Crippen MR) is 218 cm³/mol. The van der Waals surface area contributed by atoms with Crippen LogP contribution in [0.2, 0.25) is 0 Å². The van der Waals surface area contributed by atoms with Crippen LogP contribution >= 0.6 is 0 Å². The van der Waals surface area contributed by atoms with E-state index in [0.29, 0.717) is 61.8 Å². The van der Waals surface area contributed by atoms with Crippen molar-refractivity contribution in [2.24, 2.45) is 5.73 Å². The Morgan fingerprint density at radius 1 is 0.697 bits per heavy atom. The predicted octanol–water partition coefficient (Wildman–Crippen LogP) is 5.03. The van der Waals surface area contributed by atoms with Crippen LogP contribution in [0.3, 0.4) is 0 Å². The van der Waals surface area contributed by atoms with Gasteiger partial charge in [-0.25, -0.2) is 34.7 Å². The zero-order valence-corrected chi connectivity index (χ0v) is 36.2. The molecule has 0 aliphatic carbocycles. The molecule has 0 radical (unpaired) electrons. The maximum Gasteiger partial charge on any atom is 1.00 e. The van der Waals surface area contributed by atoms with Crippen LogP contribution in [0.5, 0.6) is 0 Å². The number of benzene rings is 2. The number of carbonyl (C=O) groups is 2. The molecular weight excluding hydrogens is 894 g/mol. The molecule has 1 amide bonds. The van der Waals surface area contributed by atoms with Gasteiger partial charge in [-0.1, -0.05) is 10.3 Å². The summed E-state index contributed by atoms with van der Waals surface area (Å²) < 4.78 is 87.1. The molecular formula is C40H31F6N14NaO5. The number of nitrogens with two attached hydrogens (primary N) is 1. The van der Waals surface area contributed by atoms with Gasteiger partial charge in [-0.2, -0.15) is 26.3 Å². The number of aromatic nitrogens is 12. The largest absolute Gasteiger partial charge is 1.00 e. The van der Waals surface area contributed by atoms with E-state index in [-0.39, 0.29) is 65.3 Å². The van der Waals surface area contributed by atoms with E-state index in [0.717, 1.165) is 24.3 Å². The van der Waals surface area contributed by atoms with Gasteiger partial charge < -0.3 is 46.6 Å². The Hall–Kier alpha value is -7.48. The topological polar surface area (TPSA) is 285 Å². The van der Waals surface area contributed by atoms with Gasteiger partial charge in [0.1, 0.15) is 41.0 Å². The second kappa shape index (κ2) is 18.6. The summed E-state index contributed by atoms with van der Waals surface area (Å²) in [5.41, 5.74) is 7.44. The number of imidazole rings is 2. The molecule has 0 spiro atoms. The van der Waals surface area contributed by atoms with Crippen LogP contribution < -0.4 is 40.6 Å². The number of nitrogens with zero attached hydrogens (tertiary/aromatic N) is 8. The summed E-state index contributed by atoms with van der Waals surface area (Å²) in [5, 5.41) is 20.3. The number of fused-ring (bicyclic) bond motifs is 4. The summed E-state index contributed by atoms with van der Waals surface area (Å²) in [6, 6.07) is 12.2. The maximum absolute atomic E-state index is 12.9. The van der Waals surface area contributed by atoms with Gasteiger partial charge in [0, 0.05) is 24.5 Å². The number of aromatic carboxylic acids is 1. The summed E-state index contributed by atoms with van der Waals surface area (Å²) in [6.07, 6.45) is -3.04. The number of halogens is 6. The minimum atomic E-state index is -4.45. The molecule has 0 unspecified atom stereocenters. The van der Waals surface area contributed by atoms with Gasteiger partial charge in [0.15, 0.2) is 28.9 Å². The number of carboxylic acid groups (broad SMARTS) is 1. The van der Waals surface area contributed by atoms with Gasteiger partial charge in [-0.05, 0) is 62.4 Å². The van der Waals surface area contributed by atoms with Crippen molar-refractivity contribution < 1.29 is 81.1 Å². The van der Waals surface area contributed by atoms with Crippen molar-refractivity contribution in [3.8, 4) is 23.0 Å². The summed E-state index contributed by atoms with van der Waals surface area (Å²) in [6.45, 7) is 3.44. The van der Waals surface area contributed by atoms with Crippen LogP contribution in [0, 0.1) is 0 Å². The Labute approximate surface area is 387 Å². The van der Waals surface area contributed by atoms with E-state index in [1.54, 1.807) is 50.5 Å². The maximum atomic E-state index is 12.9. The number of aromatic amines is 4. The summed E-state index contributed by atoms with van der Waals surface area (Å²) in [7, 11) is 0.